The number of carbonyl (C=O) groups excluding carboxylic acids is 1. The van der Waals surface area contributed by atoms with Crippen molar-refractivity contribution < 1.29 is 9.53 Å². The Bertz CT molecular complexity index is 1250. The van der Waals surface area contributed by atoms with E-state index >= 15 is 0 Å². The fourth-order valence-corrected chi connectivity index (χ4v) is 4.17. The molecular formula is C23H23N5O2. The van der Waals surface area contributed by atoms with Gasteiger partial charge in [0.05, 0.1) is 35.8 Å². The molecule has 3 heterocycles. The van der Waals surface area contributed by atoms with Crippen LogP contribution in [0.3, 0.4) is 0 Å². The van der Waals surface area contributed by atoms with Gasteiger partial charge in [0.1, 0.15) is 11.6 Å². The summed E-state index contributed by atoms with van der Waals surface area (Å²) in [5, 5.41) is 0.925. The summed E-state index contributed by atoms with van der Waals surface area (Å²) < 4.78 is 5.76. The van der Waals surface area contributed by atoms with Gasteiger partial charge in [-0.25, -0.2) is 9.97 Å². The van der Waals surface area contributed by atoms with Gasteiger partial charge in [-0.3, -0.25) is 4.79 Å². The number of H-pyrrole nitrogens is 1. The van der Waals surface area contributed by atoms with Crippen molar-refractivity contribution >= 4 is 33.7 Å². The average Bonchev–Trinajstić information content (AvgIpc) is 3.35. The number of aromatic nitrogens is 3. The Morgan fingerprint density at radius 2 is 2.07 bits per heavy atom. The van der Waals surface area contributed by atoms with Crippen LogP contribution >= 0.6 is 0 Å². The summed E-state index contributed by atoms with van der Waals surface area (Å²) in [6.07, 6.45) is -0.0866. The highest BCUT2D eigenvalue weighted by atomic mass is 16.5. The standard InChI is InChI=1S/C23H23N5O2/c1-3-28(11-20-25-18-6-4-5-7-19(18)26-20)23(29)14-8-9-17-15(10-14)16-12-30-13(2)21(16)22(24)27-17/h4-10,13H,3,11-12H2,1-2H3,(H2,24,27)(H,25,26). The molecule has 0 saturated heterocycles. The molecule has 0 fully saturated rings. The molecule has 1 atom stereocenters. The Hall–Kier alpha value is -3.45. The zero-order valence-electron chi connectivity index (χ0n) is 17.0. The Kier molecular flexibility index (Phi) is 4.40. The van der Waals surface area contributed by atoms with Crippen LogP contribution in [0.25, 0.3) is 21.9 Å². The maximum atomic E-state index is 13.3. The van der Waals surface area contributed by atoms with E-state index in [0.29, 0.717) is 31.1 Å². The van der Waals surface area contributed by atoms with Crippen LogP contribution < -0.4 is 5.73 Å². The molecule has 2 aromatic carbocycles. The number of nitrogens with one attached hydrogen (secondary N) is 1. The fraction of sp³-hybridized carbons (Fsp3) is 0.261. The van der Waals surface area contributed by atoms with Crippen molar-refractivity contribution in [3.63, 3.8) is 0 Å². The number of hydrogen-bond acceptors (Lipinski definition) is 5. The number of hydrogen-bond donors (Lipinski definition) is 2. The van der Waals surface area contributed by atoms with Crippen molar-refractivity contribution in [3.8, 4) is 0 Å². The number of rotatable bonds is 4. The number of anilines is 1. The van der Waals surface area contributed by atoms with Gasteiger partial charge in [0.2, 0.25) is 0 Å². The van der Waals surface area contributed by atoms with E-state index in [2.05, 4.69) is 15.0 Å². The van der Waals surface area contributed by atoms with Gasteiger partial charge in [0.15, 0.2) is 0 Å². The Labute approximate surface area is 173 Å². The molecule has 0 bridgehead atoms. The first kappa shape index (κ1) is 18.6. The van der Waals surface area contributed by atoms with E-state index in [-0.39, 0.29) is 12.0 Å². The van der Waals surface area contributed by atoms with Crippen molar-refractivity contribution in [2.24, 2.45) is 0 Å². The summed E-state index contributed by atoms with van der Waals surface area (Å²) in [4.78, 5) is 27.5. The van der Waals surface area contributed by atoms with Crippen molar-refractivity contribution in [2.45, 2.75) is 33.1 Å². The van der Waals surface area contributed by atoms with Gasteiger partial charge in [-0.15, -0.1) is 0 Å². The van der Waals surface area contributed by atoms with Gasteiger partial charge in [-0.2, -0.15) is 0 Å². The molecule has 4 aromatic rings. The van der Waals surface area contributed by atoms with E-state index in [4.69, 9.17) is 10.5 Å². The minimum Gasteiger partial charge on any atom is -0.383 e. The smallest absolute Gasteiger partial charge is 0.254 e. The van der Waals surface area contributed by atoms with Crippen LogP contribution in [-0.2, 0) is 17.9 Å². The lowest BCUT2D eigenvalue weighted by molar-refractivity contribution is 0.0748. The zero-order chi connectivity index (χ0) is 20.8. The molecule has 0 saturated carbocycles. The molecule has 3 N–H and O–H groups in total. The molecule has 7 heteroatoms. The monoisotopic (exact) mass is 401 g/mol. The molecule has 1 aliphatic rings. The number of carbonyl (C=O) groups is 1. The second-order valence-corrected chi connectivity index (χ2v) is 7.59. The molecule has 5 rings (SSSR count). The number of ether oxygens (including phenoxy) is 1. The second-order valence-electron chi connectivity index (χ2n) is 7.59. The molecule has 0 spiro atoms. The van der Waals surface area contributed by atoms with Crippen LogP contribution in [0.4, 0.5) is 5.82 Å². The average molecular weight is 401 g/mol. The predicted octanol–water partition coefficient (Wildman–Crippen LogP) is 3.95. The molecule has 30 heavy (non-hydrogen) atoms. The van der Waals surface area contributed by atoms with Crippen LogP contribution in [0.2, 0.25) is 0 Å². The van der Waals surface area contributed by atoms with Crippen molar-refractivity contribution in [3.05, 3.63) is 65.0 Å². The van der Waals surface area contributed by atoms with E-state index in [1.807, 2.05) is 56.3 Å². The number of para-hydroxylation sites is 2. The maximum Gasteiger partial charge on any atom is 0.254 e. The van der Waals surface area contributed by atoms with Crippen LogP contribution in [-0.4, -0.2) is 32.3 Å². The van der Waals surface area contributed by atoms with E-state index in [9.17, 15) is 4.79 Å². The van der Waals surface area contributed by atoms with Crippen molar-refractivity contribution in [1.29, 1.82) is 0 Å². The van der Waals surface area contributed by atoms with Gasteiger partial charge in [-0.1, -0.05) is 12.1 Å². The highest BCUT2D eigenvalue weighted by molar-refractivity contribution is 5.99. The van der Waals surface area contributed by atoms with E-state index in [1.165, 1.54) is 0 Å². The molecular weight excluding hydrogens is 378 g/mol. The largest absolute Gasteiger partial charge is 0.383 e. The highest BCUT2D eigenvalue weighted by Crippen LogP contribution is 2.38. The number of fused-ring (bicyclic) bond motifs is 4. The zero-order valence-corrected chi connectivity index (χ0v) is 17.0. The topological polar surface area (TPSA) is 97.1 Å². The van der Waals surface area contributed by atoms with Crippen LogP contribution in [0, 0.1) is 0 Å². The number of amides is 1. The Balaban J connectivity index is 1.49. The summed E-state index contributed by atoms with van der Waals surface area (Å²) in [5.41, 5.74) is 11.4. The van der Waals surface area contributed by atoms with E-state index in [1.54, 1.807) is 4.90 Å². The van der Waals surface area contributed by atoms with Gasteiger partial charge < -0.3 is 20.4 Å². The van der Waals surface area contributed by atoms with Crippen LogP contribution in [0.5, 0.6) is 0 Å². The SMILES string of the molecule is CCN(Cc1nc2ccccc2[nH]1)C(=O)c1ccc2nc(N)c3c(c2c1)COC3C. The maximum absolute atomic E-state index is 13.3. The molecule has 0 aliphatic carbocycles. The van der Waals surface area contributed by atoms with E-state index < -0.39 is 0 Å². The molecule has 1 unspecified atom stereocenters. The minimum absolute atomic E-state index is 0.0441. The molecule has 7 nitrogen and oxygen atoms in total. The summed E-state index contributed by atoms with van der Waals surface area (Å²) >= 11 is 0. The third kappa shape index (κ3) is 2.98. The number of nitrogen functional groups attached to an aromatic ring is 1. The number of nitrogens with two attached hydrogens (primary N) is 1. The third-order valence-corrected chi connectivity index (χ3v) is 5.74. The summed E-state index contributed by atoms with van der Waals surface area (Å²) in [6, 6.07) is 13.4. The van der Waals surface area contributed by atoms with Crippen molar-refractivity contribution in [2.75, 3.05) is 12.3 Å². The lowest BCUT2D eigenvalue weighted by Gasteiger charge is -2.20. The summed E-state index contributed by atoms with van der Waals surface area (Å²) in [6.45, 7) is 5.41. The lowest BCUT2D eigenvalue weighted by atomic mass is 10.00. The number of pyridine rings is 1. The number of imidazole rings is 1. The molecule has 1 amide bonds. The molecule has 0 radical (unpaired) electrons. The van der Waals surface area contributed by atoms with Gasteiger partial charge in [0.25, 0.3) is 5.91 Å². The van der Waals surface area contributed by atoms with Gasteiger partial charge in [0, 0.05) is 23.1 Å². The quantitative estimate of drug-likeness (QED) is 0.540. The minimum atomic E-state index is -0.0866. The number of benzene rings is 2. The third-order valence-electron chi connectivity index (χ3n) is 5.74. The highest BCUT2D eigenvalue weighted by Gasteiger charge is 2.26. The normalized spacial score (nSPS) is 15.6. The van der Waals surface area contributed by atoms with Crippen molar-refractivity contribution in [1.82, 2.24) is 19.9 Å². The summed E-state index contributed by atoms with van der Waals surface area (Å²) in [7, 11) is 0. The van der Waals surface area contributed by atoms with Gasteiger partial charge >= 0.3 is 0 Å². The van der Waals surface area contributed by atoms with Crippen LogP contribution in [0.1, 0.15) is 47.3 Å². The van der Waals surface area contributed by atoms with Crippen LogP contribution in [0.15, 0.2) is 42.5 Å². The second kappa shape index (κ2) is 7.11. The fourth-order valence-electron chi connectivity index (χ4n) is 4.17. The first-order chi connectivity index (χ1) is 14.5. The Morgan fingerprint density at radius 3 is 2.87 bits per heavy atom. The molecule has 2 aromatic heterocycles. The number of nitrogens with zero attached hydrogens (tertiary/aromatic N) is 3. The first-order valence-corrected chi connectivity index (χ1v) is 10.1. The predicted molar refractivity (Wildman–Crippen MR) is 116 cm³/mol. The van der Waals surface area contributed by atoms with Gasteiger partial charge in [-0.05, 0) is 49.7 Å². The number of aromatic amines is 1. The van der Waals surface area contributed by atoms with E-state index in [0.717, 1.165) is 38.9 Å². The molecule has 152 valence electrons. The molecule has 1 aliphatic heterocycles. The Morgan fingerprint density at radius 1 is 1.23 bits per heavy atom. The lowest BCUT2D eigenvalue weighted by Crippen LogP contribution is -2.30. The first-order valence-electron chi connectivity index (χ1n) is 10.1. The summed E-state index contributed by atoms with van der Waals surface area (Å²) in [5.74, 6) is 1.23.